The van der Waals surface area contributed by atoms with Gasteiger partial charge in [-0.3, -0.25) is 23.9 Å². The van der Waals surface area contributed by atoms with Crippen LogP contribution in [-0.2, 0) is 24.4 Å². The molecule has 3 atom stereocenters. The molecule has 13 nitrogen and oxygen atoms in total. The summed E-state index contributed by atoms with van der Waals surface area (Å²) in [5.74, 6) is -0.479. The van der Waals surface area contributed by atoms with Crippen LogP contribution in [0.25, 0.3) is 21.6 Å². The lowest BCUT2D eigenvalue weighted by Crippen LogP contribution is -2.57. The number of benzene rings is 2. The van der Waals surface area contributed by atoms with E-state index < -0.39 is 49.9 Å². The number of amides is 3. The molecule has 3 amide bonds. The number of sulfonamides is 1. The van der Waals surface area contributed by atoms with Crippen LogP contribution in [0.1, 0.15) is 95.1 Å². The fraction of sp³-hybridized carbons (Fsp3) is 0.477. The number of aromatic nitrogens is 2. The second-order valence-corrected chi connectivity index (χ2v) is 19.9. The first-order chi connectivity index (χ1) is 28.2. The van der Waals surface area contributed by atoms with Crippen LogP contribution < -0.4 is 25.5 Å². The summed E-state index contributed by atoms with van der Waals surface area (Å²) in [7, 11) is -2.23. The lowest BCUT2D eigenvalue weighted by atomic mass is 10.1. The third-order valence-electron chi connectivity index (χ3n) is 10.8. The minimum atomic E-state index is -3.86. The van der Waals surface area contributed by atoms with Crippen LogP contribution >= 0.6 is 11.3 Å². The number of hydrogen-bond acceptors (Lipinski definition) is 10. The van der Waals surface area contributed by atoms with Gasteiger partial charge in [-0.2, -0.15) is 0 Å². The normalized spacial score (nSPS) is 20.0. The van der Waals surface area contributed by atoms with E-state index in [0.717, 1.165) is 39.1 Å². The second kappa shape index (κ2) is 18.7. The number of methoxy groups -OCH3 is 1. The van der Waals surface area contributed by atoms with Crippen molar-refractivity contribution in [3.63, 3.8) is 0 Å². The lowest BCUT2D eigenvalue weighted by molar-refractivity contribution is -0.138. The Morgan fingerprint density at radius 1 is 1.15 bits per heavy atom. The molecule has 1 saturated heterocycles. The van der Waals surface area contributed by atoms with Crippen molar-refractivity contribution in [1.29, 1.82) is 0 Å². The molecule has 2 aromatic heterocycles. The second-order valence-electron chi connectivity index (χ2n) is 16.8. The summed E-state index contributed by atoms with van der Waals surface area (Å²) < 4.78 is 44.9. The van der Waals surface area contributed by atoms with Gasteiger partial charge in [0.15, 0.2) is 5.43 Å². The average molecular weight is 871 g/mol. The maximum atomic E-state index is 13.4. The predicted octanol–water partition coefficient (Wildman–Crippen LogP) is 7.78. The lowest BCUT2D eigenvalue weighted by Gasteiger charge is -2.27. The van der Waals surface area contributed by atoms with Crippen molar-refractivity contribution in [3.05, 3.63) is 87.8 Å². The summed E-state index contributed by atoms with van der Waals surface area (Å²) in [6.07, 6.45) is 3.74. The fourth-order valence-electron chi connectivity index (χ4n) is 6.78. The van der Waals surface area contributed by atoms with Crippen molar-refractivity contribution in [3.8, 4) is 16.5 Å². The van der Waals surface area contributed by atoms with Gasteiger partial charge in [0.1, 0.15) is 28.2 Å². The van der Waals surface area contributed by atoms with Gasteiger partial charge in [0.25, 0.3) is 5.91 Å². The molecule has 3 fully saturated rings. The highest BCUT2D eigenvalue weighted by Gasteiger charge is 2.62. The topological polar surface area (TPSA) is 180 Å². The smallest absolute Gasteiger partial charge is 0.259 e. The van der Waals surface area contributed by atoms with Crippen LogP contribution in [0.3, 0.4) is 0 Å². The van der Waals surface area contributed by atoms with Gasteiger partial charge in [-0.25, -0.2) is 17.8 Å². The van der Waals surface area contributed by atoms with Gasteiger partial charge in [-0.15, -0.1) is 17.9 Å². The minimum Gasteiger partial charge on any atom is -0.496 e. The van der Waals surface area contributed by atoms with Crippen molar-refractivity contribution in [2.75, 3.05) is 25.5 Å². The molecule has 2 aliphatic carbocycles. The zero-order chi connectivity index (χ0) is 44.2. The summed E-state index contributed by atoms with van der Waals surface area (Å²) in [4.78, 5) is 60.7. The van der Waals surface area contributed by atoms with E-state index in [1.807, 2.05) is 18.4 Å². The molecular formula is C44H63FN6O7S2. The number of fused-ring (bicyclic) bond motifs is 1. The Hall–Kier alpha value is -5.09. The van der Waals surface area contributed by atoms with E-state index in [1.54, 1.807) is 43.6 Å². The van der Waals surface area contributed by atoms with Crippen LogP contribution in [0, 0.1) is 24.6 Å². The molecule has 0 unspecified atom stereocenters. The molecule has 2 aromatic carbocycles. The van der Waals surface area contributed by atoms with E-state index in [9.17, 15) is 32.0 Å². The number of thiazole rings is 1. The number of nitrogens with one attached hydrogen (secondary N) is 4. The van der Waals surface area contributed by atoms with Gasteiger partial charge >= 0.3 is 0 Å². The van der Waals surface area contributed by atoms with Gasteiger partial charge in [-0.1, -0.05) is 46.8 Å². The number of aryl methyl sites for hydroxylation is 1. The zero-order valence-electron chi connectivity index (χ0n) is 35.6. The molecule has 7 rings (SSSR count). The first-order valence-corrected chi connectivity index (χ1v) is 22.6. The van der Waals surface area contributed by atoms with E-state index in [-0.39, 0.29) is 28.6 Å². The monoisotopic (exact) mass is 870 g/mol. The Kier molecular flexibility index (Phi) is 14.3. The zero-order valence-corrected chi connectivity index (χ0v) is 37.2. The number of nitrogens with zero attached hydrogens (tertiary/aromatic N) is 2. The number of anilines is 1. The number of hydrogen-bond donors (Lipinski definition) is 4. The average Bonchev–Trinajstić information content (AvgIpc) is 3.94. The Balaban J connectivity index is 0.000000408. The third kappa shape index (κ3) is 10.4. The Labute approximate surface area is 360 Å². The number of likely N-dealkylation sites (tertiary alicyclic amines) is 1. The first-order valence-electron chi connectivity index (χ1n) is 20.2. The van der Waals surface area contributed by atoms with Gasteiger partial charge < -0.3 is 25.3 Å². The maximum Gasteiger partial charge on any atom is 0.259 e. The molecule has 2 saturated carbocycles. The van der Waals surface area contributed by atoms with Gasteiger partial charge in [-0.05, 0) is 88.1 Å². The molecule has 3 aliphatic rings. The number of carbonyl (C=O) groups is 3. The van der Waals surface area contributed by atoms with E-state index in [1.165, 1.54) is 29.2 Å². The van der Waals surface area contributed by atoms with Crippen molar-refractivity contribution in [2.45, 2.75) is 103 Å². The third-order valence-corrected chi connectivity index (χ3v) is 13.9. The van der Waals surface area contributed by atoms with E-state index in [4.69, 9.17) is 4.74 Å². The molecule has 4 aromatic rings. The summed E-state index contributed by atoms with van der Waals surface area (Å²) in [6.45, 7) is 18.2. The Morgan fingerprint density at radius 2 is 1.85 bits per heavy atom. The van der Waals surface area contributed by atoms with Gasteiger partial charge in [0, 0.05) is 44.8 Å². The highest BCUT2D eigenvalue weighted by atomic mass is 32.2. The highest BCUT2D eigenvalue weighted by molar-refractivity contribution is 7.91. The van der Waals surface area contributed by atoms with Crippen LogP contribution in [0.4, 0.5) is 10.1 Å². The van der Waals surface area contributed by atoms with Gasteiger partial charge in [0.05, 0.1) is 35.3 Å². The molecular weight excluding hydrogens is 808 g/mol. The molecule has 1 aliphatic heterocycles. The van der Waals surface area contributed by atoms with E-state index in [0.29, 0.717) is 49.2 Å². The number of halogens is 1. The molecule has 330 valence electrons. The quantitative estimate of drug-likeness (QED) is 0.104. The number of rotatable bonds is 12. The Morgan fingerprint density at radius 3 is 2.43 bits per heavy atom. The van der Waals surface area contributed by atoms with Crippen molar-refractivity contribution >= 4 is 55.7 Å². The Bertz CT molecular complexity index is 2420. The molecule has 0 spiro atoms. The molecule has 16 heteroatoms. The van der Waals surface area contributed by atoms with Crippen LogP contribution in [-0.4, -0.2) is 77.5 Å². The molecule has 0 bridgehead atoms. The maximum absolute atomic E-state index is 13.4. The first kappa shape index (κ1) is 46.0. The van der Waals surface area contributed by atoms with E-state index in [2.05, 4.69) is 66.5 Å². The fourth-order valence-corrected chi connectivity index (χ4v) is 9.05. The van der Waals surface area contributed by atoms with Crippen molar-refractivity contribution in [1.82, 2.24) is 24.9 Å². The van der Waals surface area contributed by atoms with Crippen molar-refractivity contribution < 1.29 is 36.2 Å². The van der Waals surface area contributed by atoms with Gasteiger partial charge in [0.2, 0.25) is 21.8 Å². The molecule has 4 N–H and O–H groups in total. The highest BCUT2D eigenvalue weighted by Crippen LogP contribution is 2.47. The number of ether oxygens (including phenoxy) is 1. The summed E-state index contributed by atoms with van der Waals surface area (Å²) in [5.41, 5.74) is 2.59. The number of H-pyrrole nitrogens is 1. The number of aromatic amines is 1. The minimum absolute atomic E-state index is 0. The van der Waals surface area contributed by atoms with Crippen LogP contribution in [0.2, 0.25) is 0 Å². The molecule has 0 radical (unpaired) electrons. The number of pyridine rings is 1. The molecule has 3 heterocycles. The largest absolute Gasteiger partial charge is 0.496 e. The van der Waals surface area contributed by atoms with E-state index >= 15 is 0 Å². The molecule has 60 heavy (non-hydrogen) atoms. The summed E-state index contributed by atoms with van der Waals surface area (Å²) >= 11 is 1.55. The van der Waals surface area contributed by atoms with Crippen LogP contribution in [0.5, 0.6) is 5.75 Å². The summed E-state index contributed by atoms with van der Waals surface area (Å²) in [6, 6.07) is 10.2. The predicted molar refractivity (Wildman–Crippen MR) is 241 cm³/mol. The number of carbonyl (C=O) groups excluding carboxylic acids is 3. The van der Waals surface area contributed by atoms with Crippen LogP contribution in [0.15, 0.2) is 65.3 Å². The summed E-state index contributed by atoms with van der Waals surface area (Å²) in [5, 5.41) is 9.13. The SMILES string of the molecule is C=C[C@@H]1C[C@]1(NC(=O)[C@@H]1CCCN1C(=O)CNc1cccc(F)c1)C(=O)NS(=O)(=O)C1(C)CC1.CC(C)C.COc1ccc2c(=O)cc(-c3nc(C(C)C)cs3)[nH]c2c1C.[HH].[HH].[HH]. The van der Waals surface area contributed by atoms with Crippen molar-refractivity contribution in [2.24, 2.45) is 11.8 Å². The standard InChI is InChI=1S/C23H29FN4O5S.C17H18N2O2S.C4H10.3H2/c1-3-15-13-23(15,21(31)27-34(32,33)22(2)9-10-22)26-20(30)18-8-5-11-28(18)19(29)14-25-17-7-4-6-16(24)12-17;1-9(2)13-8-22-17(19-13)12-7-14(20)11-5-6-15(21-4)10(3)16(11)18-12;1-4(2)3;;;/h3-4,6-7,12,15,18,25H,1,5,8-11,13-14H2,2H3,(H,26,30)(H,27,31);5-9H,1-4H3,(H,18,20);4H,1-3H3;3*1H/t15-,18+,23-;;;;;/m1...../s1.